The summed E-state index contributed by atoms with van der Waals surface area (Å²) in [6.45, 7) is 4.47. The van der Waals surface area contributed by atoms with Crippen LogP contribution in [0.4, 0.5) is 0 Å². The summed E-state index contributed by atoms with van der Waals surface area (Å²) >= 11 is 0. The highest BCUT2D eigenvalue weighted by molar-refractivity contribution is 5.69. The molecular weight excluding hydrogens is 258 g/mol. The van der Waals surface area contributed by atoms with Crippen molar-refractivity contribution in [3.8, 4) is 5.75 Å². The maximum absolute atomic E-state index is 5.16. The topological polar surface area (TPSA) is 13.1 Å². The van der Waals surface area contributed by atoms with E-state index < -0.39 is 0 Å². The van der Waals surface area contributed by atoms with E-state index in [1.54, 1.807) is 7.11 Å². The van der Waals surface area contributed by atoms with Crippen molar-refractivity contribution in [1.82, 2.24) is 0 Å². The zero-order valence-electron chi connectivity index (χ0n) is 13.1. The van der Waals surface area contributed by atoms with Crippen molar-refractivity contribution >= 4 is 12.2 Å². The lowest BCUT2D eigenvalue weighted by atomic mass is 10.1. The third-order valence-electron chi connectivity index (χ3n) is 3.83. The minimum Gasteiger partial charge on any atom is -0.497 e. The predicted molar refractivity (Wildman–Crippen MR) is 88.2 cm³/mol. The van der Waals surface area contributed by atoms with E-state index in [9.17, 15) is 0 Å². The number of hydrogen-bond donors (Lipinski definition) is 0. The number of ether oxygens (including phenoxy) is 1. The summed E-state index contributed by atoms with van der Waals surface area (Å²) in [5, 5.41) is 0. The van der Waals surface area contributed by atoms with E-state index in [1.807, 2.05) is 12.1 Å². The molecule has 0 aliphatic rings. The van der Waals surface area contributed by atoms with E-state index in [0.717, 1.165) is 5.75 Å². The van der Waals surface area contributed by atoms with Gasteiger partial charge in [-0.15, -0.1) is 0 Å². The predicted octanol–water partition coefficient (Wildman–Crippen LogP) is 4.51. The standard InChI is InChI=1S/C19H24NO/c1-4-18(5-2)20-14-12-17(13-15-20)7-6-16-8-10-19(21-3)11-9-16/h6-15,18H,4-5H2,1-3H3/q+1/b7-6+. The second kappa shape index (κ2) is 7.63. The molecule has 1 aromatic carbocycles. The van der Waals surface area contributed by atoms with Crippen molar-refractivity contribution in [2.75, 3.05) is 7.11 Å². The van der Waals surface area contributed by atoms with Gasteiger partial charge in [-0.2, -0.15) is 0 Å². The molecule has 0 bridgehead atoms. The molecule has 0 aliphatic heterocycles. The van der Waals surface area contributed by atoms with Crippen LogP contribution in [0.15, 0.2) is 48.8 Å². The minimum atomic E-state index is 0.601. The van der Waals surface area contributed by atoms with Crippen LogP contribution in [-0.2, 0) is 0 Å². The SMILES string of the molecule is CCC(CC)[n+]1ccc(/C=C/c2ccc(OC)cc2)cc1. The van der Waals surface area contributed by atoms with Crippen molar-refractivity contribution in [2.45, 2.75) is 32.7 Å². The number of aromatic nitrogens is 1. The molecule has 0 spiro atoms. The smallest absolute Gasteiger partial charge is 0.169 e. The molecule has 0 amide bonds. The first-order chi connectivity index (χ1) is 10.3. The van der Waals surface area contributed by atoms with Gasteiger partial charge in [0.25, 0.3) is 0 Å². The highest BCUT2D eigenvalue weighted by Gasteiger charge is 2.12. The number of nitrogens with zero attached hydrogens (tertiary/aromatic N) is 1. The average molecular weight is 282 g/mol. The number of benzene rings is 1. The quantitative estimate of drug-likeness (QED) is 0.710. The Hall–Kier alpha value is -2.09. The van der Waals surface area contributed by atoms with Crippen molar-refractivity contribution in [3.63, 3.8) is 0 Å². The molecule has 1 aromatic heterocycles. The Morgan fingerprint density at radius 3 is 1.90 bits per heavy atom. The molecule has 0 radical (unpaired) electrons. The zero-order chi connectivity index (χ0) is 15.1. The molecule has 21 heavy (non-hydrogen) atoms. The number of hydrogen-bond acceptors (Lipinski definition) is 1. The van der Waals surface area contributed by atoms with E-state index >= 15 is 0 Å². The largest absolute Gasteiger partial charge is 0.497 e. The normalized spacial score (nSPS) is 11.2. The third-order valence-corrected chi connectivity index (χ3v) is 3.83. The molecule has 2 rings (SSSR count). The lowest BCUT2D eigenvalue weighted by Gasteiger charge is -2.06. The molecule has 0 aliphatic carbocycles. The number of methoxy groups -OCH3 is 1. The summed E-state index contributed by atoms with van der Waals surface area (Å²) in [6.07, 6.45) is 10.9. The van der Waals surface area contributed by atoms with Crippen LogP contribution in [0.1, 0.15) is 43.9 Å². The van der Waals surface area contributed by atoms with Gasteiger partial charge in [0.05, 0.1) is 7.11 Å². The average Bonchev–Trinajstić information content (AvgIpc) is 2.55. The van der Waals surface area contributed by atoms with Gasteiger partial charge in [0.1, 0.15) is 5.75 Å². The Labute approximate surface area is 127 Å². The Balaban J connectivity index is 2.06. The first kappa shape index (κ1) is 15.3. The molecule has 0 atom stereocenters. The fraction of sp³-hybridized carbons (Fsp3) is 0.316. The van der Waals surface area contributed by atoms with Gasteiger partial charge < -0.3 is 4.74 Å². The van der Waals surface area contributed by atoms with Gasteiger partial charge in [0.15, 0.2) is 18.4 Å². The van der Waals surface area contributed by atoms with Crippen LogP contribution >= 0.6 is 0 Å². The van der Waals surface area contributed by atoms with Gasteiger partial charge in [0, 0.05) is 25.0 Å². The molecule has 0 fully saturated rings. The van der Waals surface area contributed by atoms with Crippen molar-refractivity contribution in [3.05, 3.63) is 59.9 Å². The van der Waals surface area contributed by atoms with Crippen LogP contribution in [0.25, 0.3) is 12.2 Å². The van der Waals surface area contributed by atoms with Gasteiger partial charge in [-0.25, -0.2) is 4.57 Å². The molecule has 2 nitrogen and oxygen atoms in total. The summed E-state index contributed by atoms with van der Waals surface area (Å²) in [5.74, 6) is 0.887. The van der Waals surface area contributed by atoms with Crippen LogP contribution in [0.5, 0.6) is 5.75 Å². The van der Waals surface area contributed by atoms with E-state index in [4.69, 9.17) is 4.74 Å². The monoisotopic (exact) mass is 282 g/mol. The van der Waals surface area contributed by atoms with Gasteiger partial charge in [-0.05, 0) is 23.3 Å². The molecule has 0 saturated carbocycles. The minimum absolute atomic E-state index is 0.601. The Morgan fingerprint density at radius 1 is 0.905 bits per heavy atom. The van der Waals surface area contributed by atoms with Crippen LogP contribution in [-0.4, -0.2) is 7.11 Å². The number of pyridine rings is 1. The van der Waals surface area contributed by atoms with Gasteiger partial charge in [0.2, 0.25) is 0 Å². The van der Waals surface area contributed by atoms with Crippen LogP contribution in [0.2, 0.25) is 0 Å². The second-order valence-electron chi connectivity index (χ2n) is 5.16. The van der Waals surface area contributed by atoms with Crippen molar-refractivity contribution in [2.24, 2.45) is 0 Å². The summed E-state index contributed by atoms with van der Waals surface area (Å²) in [5.41, 5.74) is 2.39. The van der Waals surface area contributed by atoms with Crippen molar-refractivity contribution in [1.29, 1.82) is 0 Å². The third kappa shape index (κ3) is 4.19. The summed E-state index contributed by atoms with van der Waals surface area (Å²) in [7, 11) is 1.68. The summed E-state index contributed by atoms with van der Waals surface area (Å²) in [6, 6.07) is 13.0. The highest BCUT2D eigenvalue weighted by atomic mass is 16.5. The van der Waals surface area contributed by atoms with Crippen LogP contribution in [0.3, 0.4) is 0 Å². The molecule has 110 valence electrons. The second-order valence-corrected chi connectivity index (χ2v) is 5.16. The fourth-order valence-electron chi connectivity index (χ4n) is 2.42. The Morgan fingerprint density at radius 2 is 1.43 bits per heavy atom. The number of rotatable bonds is 6. The first-order valence-corrected chi connectivity index (χ1v) is 7.59. The Bertz CT molecular complexity index is 566. The van der Waals surface area contributed by atoms with Crippen molar-refractivity contribution < 1.29 is 9.30 Å². The van der Waals surface area contributed by atoms with E-state index in [0.29, 0.717) is 6.04 Å². The molecule has 2 aromatic rings. The Kier molecular flexibility index (Phi) is 5.56. The van der Waals surface area contributed by atoms with Crippen LogP contribution < -0.4 is 9.30 Å². The van der Waals surface area contributed by atoms with Gasteiger partial charge in [-0.1, -0.05) is 38.1 Å². The van der Waals surface area contributed by atoms with Gasteiger partial charge >= 0.3 is 0 Å². The summed E-state index contributed by atoms with van der Waals surface area (Å²) in [4.78, 5) is 0. The zero-order valence-corrected chi connectivity index (χ0v) is 13.1. The lowest BCUT2D eigenvalue weighted by molar-refractivity contribution is -0.723. The molecule has 1 heterocycles. The maximum atomic E-state index is 5.16. The molecule has 0 saturated heterocycles. The molecule has 2 heteroatoms. The maximum Gasteiger partial charge on any atom is 0.169 e. The van der Waals surface area contributed by atoms with Crippen LogP contribution in [0, 0.1) is 0 Å². The highest BCUT2D eigenvalue weighted by Crippen LogP contribution is 2.14. The van der Waals surface area contributed by atoms with E-state index in [2.05, 4.69) is 67.2 Å². The summed E-state index contributed by atoms with van der Waals surface area (Å²) < 4.78 is 7.46. The van der Waals surface area contributed by atoms with E-state index in [-0.39, 0.29) is 0 Å². The van der Waals surface area contributed by atoms with E-state index in [1.165, 1.54) is 24.0 Å². The molecular formula is C19H24NO+. The fourth-order valence-corrected chi connectivity index (χ4v) is 2.42. The molecule has 0 N–H and O–H groups in total. The van der Waals surface area contributed by atoms with Gasteiger partial charge in [-0.3, -0.25) is 0 Å². The molecule has 0 unspecified atom stereocenters. The first-order valence-electron chi connectivity index (χ1n) is 7.59. The lowest BCUT2D eigenvalue weighted by Crippen LogP contribution is -2.37.